The largest absolute Gasteiger partial charge is 0.462 e. The van der Waals surface area contributed by atoms with Crippen LogP contribution in [0.25, 0.3) is 0 Å². The van der Waals surface area contributed by atoms with E-state index in [0.717, 1.165) is 38.5 Å². The molecule has 5 heteroatoms. The van der Waals surface area contributed by atoms with E-state index in [1.807, 2.05) is 0 Å². The molecule has 0 saturated heterocycles. The lowest BCUT2D eigenvalue weighted by molar-refractivity contribution is -0.161. The van der Waals surface area contributed by atoms with Crippen LogP contribution in [0.3, 0.4) is 0 Å². The fraction of sp³-hybridized carbons (Fsp3) is 0.887. The molecule has 1 unspecified atom stereocenters. The van der Waals surface area contributed by atoms with Gasteiger partial charge in [-0.25, -0.2) is 0 Å². The molecule has 0 radical (unpaired) electrons. The van der Waals surface area contributed by atoms with Crippen LogP contribution in [-0.2, 0) is 19.1 Å². The van der Waals surface area contributed by atoms with Crippen LogP contribution in [0.4, 0.5) is 0 Å². The Morgan fingerprint density at radius 1 is 0.379 bits per heavy atom. The Bertz CT molecular complexity index is 882. The van der Waals surface area contributed by atoms with Crippen molar-refractivity contribution < 1.29 is 24.2 Å². The molecular formula is C53H100O5. The summed E-state index contributed by atoms with van der Waals surface area (Å²) < 4.78 is 10.7. The van der Waals surface area contributed by atoms with Crippen molar-refractivity contribution in [3.05, 3.63) is 24.3 Å². The van der Waals surface area contributed by atoms with Gasteiger partial charge in [-0.2, -0.15) is 0 Å². The van der Waals surface area contributed by atoms with Gasteiger partial charge in [0.1, 0.15) is 6.61 Å². The van der Waals surface area contributed by atoms with Crippen molar-refractivity contribution >= 4 is 11.9 Å². The van der Waals surface area contributed by atoms with Crippen molar-refractivity contribution in [2.75, 3.05) is 13.2 Å². The number of hydrogen-bond donors (Lipinski definition) is 1. The second-order valence-electron chi connectivity index (χ2n) is 17.6. The molecule has 0 spiro atoms. The average Bonchev–Trinajstić information content (AvgIpc) is 3.23. The van der Waals surface area contributed by atoms with E-state index >= 15 is 0 Å². The normalized spacial score (nSPS) is 12.3. The minimum Gasteiger partial charge on any atom is -0.462 e. The molecule has 0 fully saturated rings. The van der Waals surface area contributed by atoms with Gasteiger partial charge in [0.25, 0.3) is 0 Å². The van der Waals surface area contributed by atoms with Crippen molar-refractivity contribution in [2.45, 2.75) is 290 Å². The lowest BCUT2D eigenvalue weighted by atomic mass is 10.0. The number of allylic oxidation sites excluding steroid dienone is 4. The van der Waals surface area contributed by atoms with E-state index in [0.29, 0.717) is 12.8 Å². The smallest absolute Gasteiger partial charge is 0.306 e. The fourth-order valence-electron chi connectivity index (χ4n) is 7.78. The Balaban J connectivity index is 3.44. The van der Waals surface area contributed by atoms with Gasteiger partial charge in [-0.05, 0) is 64.2 Å². The van der Waals surface area contributed by atoms with Crippen LogP contribution in [0.2, 0.25) is 0 Å². The highest BCUT2D eigenvalue weighted by Gasteiger charge is 2.16. The molecule has 0 amide bonds. The van der Waals surface area contributed by atoms with Gasteiger partial charge < -0.3 is 14.6 Å². The summed E-state index contributed by atoms with van der Waals surface area (Å²) in [5, 5.41) is 9.62. The number of carbonyl (C=O) groups excluding carboxylic acids is 2. The first-order valence-corrected chi connectivity index (χ1v) is 25.9. The minimum atomic E-state index is -0.770. The Kier molecular flexibility index (Phi) is 48.4. The third kappa shape index (κ3) is 47.1. The number of rotatable bonds is 48. The third-order valence-electron chi connectivity index (χ3n) is 11.7. The molecule has 0 aliphatic heterocycles. The van der Waals surface area contributed by atoms with E-state index in [-0.39, 0.29) is 25.2 Å². The summed E-state index contributed by atoms with van der Waals surface area (Å²) in [5.41, 5.74) is 0. The molecule has 0 saturated carbocycles. The highest BCUT2D eigenvalue weighted by atomic mass is 16.6. The Morgan fingerprint density at radius 2 is 0.638 bits per heavy atom. The number of unbranched alkanes of at least 4 members (excludes halogenated alkanes) is 36. The first kappa shape index (κ1) is 56.4. The van der Waals surface area contributed by atoms with Crippen LogP contribution >= 0.6 is 0 Å². The molecule has 1 atom stereocenters. The number of hydrogen-bond acceptors (Lipinski definition) is 5. The highest BCUT2D eigenvalue weighted by Crippen LogP contribution is 2.16. The standard InChI is InChI=1S/C53H100O5/c1-3-5-7-9-11-13-15-17-19-21-22-23-24-25-26-27-28-29-30-32-34-36-38-40-42-44-46-48-53(56)58-51(49-54)50-57-52(55)47-45-43-41-39-37-35-33-31-20-18-16-14-12-10-8-6-4-2/h18,20-22,51,54H,3-17,19,23-50H2,1-2H3/b20-18-,22-21-. The quantitative estimate of drug-likeness (QED) is 0.0376. The van der Waals surface area contributed by atoms with Crippen LogP contribution in [0.5, 0.6) is 0 Å². The maximum atomic E-state index is 12.3. The minimum absolute atomic E-state index is 0.0635. The molecule has 342 valence electrons. The molecule has 0 aromatic rings. The Labute approximate surface area is 362 Å². The summed E-state index contributed by atoms with van der Waals surface area (Å²) in [6.07, 6.45) is 61.4. The van der Waals surface area contributed by atoms with E-state index in [4.69, 9.17) is 9.47 Å². The van der Waals surface area contributed by atoms with Gasteiger partial charge in [0, 0.05) is 12.8 Å². The average molecular weight is 817 g/mol. The van der Waals surface area contributed by atoms with Gasteiger partial charge in [-0.1, -0.05) is 231 Å². The summed E-state index contributed by atoms with van der Waals surface area (Å²) in [5.74, 6) is -0.581. The Morgan fingerprint density at radius 3 is 0.931 bits per heavy atom. The second-order valence-corrected chi connectivity index (χ2v) is 17.6. The number of ether oxygens (including phenoxy) is 2. The van der Waals surface area contributed by atoms with Crippen molar-refractivity contribution in [3.8, 4) is 0 Å². The van der Waals surface area contributed by atoms with Gasteiger partial charge >= 0.3 is 11.9 Å². The van der Waals surface area contributed by atoms with E-state index in [1.54, 1.807) is 0 Å². The lowest BCUT2D eigenvalue weighted by Gasteiger charge is -2.15. The van der Waals surface area contributed by atoms with Gasteiger partial charge in [-0.15, -0.1) is 0 Å². The summed E-state index contributed by atoms with van der Waals surface area (Å²) in [4.78, 5) is 24.4. The van der Waals surface area contributed by atoms with Crippen LogP contribution < -0.4 is 0 Å². The van der Waals surface area contributed by atoms with E-state index in [9.17, 15) is 14.7 Å². The molecule has 0 aliphatic rings. The van der Waals surface area contributed by atoms with Gasteiger partial charge in [0.15, 0.2) is 6.10 Å². The van der Waals surface area contributed by atoms with Crippen LogP contribution in [0.15, 0.2) is 24.3 Å². The molecule has 1 N–H and O–H groups in total. The molecule has 5 nitrogen and oxygen atoms in total. The Hall–Kier alpha value is -1.62. The molecule has 0 heterocycles. The molecule has 0 bridgehead atoms. The van der Waals surface area contributed by atoms with Crippen molar-refractivity contribution in [1.82, 2.24) is 0 Å². The number of aliphatic hydroxyl groups is 1. The van der Waals surface area contributed by atoms with Crippen LogP contribution in [0, 0.1) is 0 Å². The molecule has 0 aromatic carbocycles. The topological polar surface area (TPSA) is 72.8 Å². The summed E-state index contributed by atoms with van der Waals surface area (Å²) in [7, 11) is 0. The maximum Gasteiger partial charge on any atom is 0.306 e. The summed E-state index contributed by atoms with van der Waals surface area (Å²) >= 11 is 0. The van der Waals surface area contributed by atoms with Gasteiger partial charge in [0.05, 0.1) is 6.61 Å². The van der Waals surface area contributed by atoms with E-state index in [1.165, 1.54) is 218 Å². The van der Waals surface area contributed by atoms with Gasteiger partial charge in [-0.3, -0.25) is 9.59 Å². The number of carbonyl (C=O) groups is 2. The predicted octanol–water partition coefficient (Wildman–Crippen LogP) is 17.0. The maximum absolute atomic E-state index is 12.3. The highest BCUT2D eigenvalue weighted by molar-refractivity contribution is 5.70. The summed E-state index contributed by atoms with van der Waals surface area (Å²) in [6.45, 7) is 4.17. The number of esters is 2. The monoisotopic (exact) mass is 817 g/mol. The van der Waals surface area contributed by atoms with Crippen molar-refractivity contribution in [2.24, 2.45) is 0 Å². The molecule has 0 rings (SSSR count). The summed E-state index contributed by atoms with van der Waals surface area (Å²) in [6, 6.07) is 0. The lowest BCUT2D eigenvalue weighted by Crippen LogP contribution is -2.28. The third-order valence-corrected chi connectivity index (χ3v) is 11.7. The van der Waals surface area contributed by atoms with Crippen molar-refractivity contribution in [1.29, 1.82) is 0 Å². The first-order valence-electron chi connectivity index (χ1n) is 25.9. The zero-order chi connectivity index (χ0) is 42.1. The van der Waals surface area contributed by atoms with Crippen LogP contribution in [0.1, 0.15) is 284 Å². The molecular weight excluding hydrogens is 717 g/mol. The number of aliphatic hydroxyl groups excluding tert-OH is 1. The molecule has 58 heavy (non-hydrogen) atoms. The van der Waals surface area contributed by atoms with E-state index in [2.05, 4.69) is 38.2 Å². The SMILES string of the molecule is CCCCCCCC/C=C\CCCCCCCCCC(=O)OCC(CO)OC(=O)CCCCCCCCCCCCCCCCC/C=C\CCCCCCCCCC. The van der Waals surface area contributed by atoms with Crippen molar-refractivity contribution in [3.63, 3.8) is 0 Å². The zero-order valence-electron chi connectivity index (χ0n) is 39.1. The molecule has 0 aliphatic carbocycles. The van der Waals surface area contributed by atoms with Crippen LogP contribution in [-0.4, -0.2) is 36.4 Å². The first-order chi connectivity index (χ1) is 28.6. The fourth-order valence-corrected chi connectivity index (χ4v) is 7.78. The zero-order valence-corrected chi connectivity index (χ0v) is 39.1. The van der Waals surface area contributed by atoms with E-state index < -0.39 is 6.10 Å². The predicted molar refractivity (Wildman–Crippen MR) is 251 cm³/mol. The molecule has 0 aromatic heterocycles. The second kappa shape index (κ2) is 49.7. The van der Waals surface area contributed by atoms with Gasteiger partial charge in [0.2, 0.25) is 0 Å².